The molecule has 0 aliphatic heterocycles. The zero-order chi connectivity index (χ0) is 3.41. The first kappa shape index (κ1) is 24.0. The van der Waals surface area contributed by atoms with Crippen LogP contribution in [-0.2, 0) is 0 Å². The Morgan fingerprint density at radius 3 is 1.29 bits per heavy atom. The molecule has 0 unspecified atom stereocenters. The van der Waals surface area contributed by atoms with Crippen LogP contribution in [-0.4, -0.2) is 45.9 Å². The minimum absolute atomic E-state index is 0. The molecule has 1 nitrogen and oxygen atoms in total. The van der Waals surface area contributed by atoms with Gasteiger partial charge >= 0.3 is 23.1 Å². The third-order valence-corrected chi connectivity index (χ3v) is 0.500. The summed E-state index contributed by atoms with van der Waals surface area (Å²) < 4.78 is 0. The van der Waals surface area contributed by atoms with Crippen LogP contribution >= 0.6 is 0 Å². The molecule has 0 fully saturated rings. The van der Waals surface area contributed by atoms with Crippen molar-refractivity contribution in [3.8, 4) is 0 Å². The summed E-state index contributed by atoms with van der Waals surface area (Å²) in [6, 6.07) is 0. The van der Waals surface area contributed by atoms with Crippen LogP contribution in [0.15, 0.2) is 0 Å². The van der Waals surface area contributed by atoms with Crippen molar-refractivity contribution in [1.29, 1.82) is 0 Å². The summed E-state index contributed by atoms with van der Waals surface area (Å²) in [4.78, 5) is 0. The molecule has 0 amide bonds. The fraction of sp³-hybridized carbons (Fsp3) is 1.00. The van der Waals surface area contributed by atoms with E-state index in [4.69, 9.17) is 0 Å². The summed E-state index contributed by atoms with van der Waals surface area (Å²) in [6.45, 7) is 4.36. The van der Waals surface area contributed by atoms with E-state index in [1.165, 1.54) is 12.8 Å². The summed E-state index contributed by atoms with van der Waals surface area (Å²) in [5, 5.41) is 0. The molecule has 7 heavy (non-hydrogen) atoms. The van der Waals surface area contributed by atoms with Gasteiger partial charge in [0.1, 0.15) is 17.4 Å². The minimum atomic E-state index is 0. The summed E-state index contributed by atoms with van der Waals surface area (Å²) in [6.07, 6.45) is 2.64. The van der Waals surface area contributed by atoms with E-state index < -0.39 is 0 Å². The van der Waals surface area contributed by atoms with Gasteiger partial charge in [-0.05, 0) is 0 Å². The predicted octanol–water partition coefficient (Wildman–Crippen LogP) is -0.0903. The SMILES string of the molecule is CCCC.O.[AlH2].[H-].[H-].[Mg+2]. The fourth-order valence-corrected chi connectivity index (χ4v) is 0. The van der Waals surface area contributed by atoms with Crippen molar-refractivity contribution < 1.29 is 8.33 Å². The zero-order valence-corrected chi connectivity index (χ0v) is 9.04. The van der Waals surface area contributed by atoms with Gasteiger partial charge in [-0.3, -0.25) is 0 Å². The van der Waals surface area contributed by atoms with Gasteiger partial charge in [0.15, 0.2) is 0 Å². The molecule has 1 radical (unpaired) electrons. The third kappa shape index (κ3) is 39.3. The van der Waals surface area contributed by atoms with Gasteiger partial charge in [0, 0.05) is 0 Å². The maximum absolute atomic E-state index is 2.18. The smallest absolute Gasteiger partial charge is 1.00 e. The largest absolute Gasteiger partial charge is 2.00 e. The molecule has 2 N–H and O–H groups in total. The van der Waals surface area contributed by atoms with E-state index in [0.717, 1.165) is 0 Å². The second-order valence-electron chi connectivity index (χ2n) is 1.000. The Labute approximate surface area is 75.4 Å². The van der Waals surface area contributed by atoms with E-state index in [2.05, 4.69) is 13.8 Å². The second kappa shape index (κ2) is 26.8. The molecule has 0 saturated carbocycles. The van der Waals surface area contributed by atoms with E-state index in [1.54, 1.807) is 0 Å². The van der Waals surface area contributed by atoms with Crippen molar-refractivity contribution in [1.82, 2.24) is 0 Å². The van der Waals surface area contributed by atoms with Crippen LogP contribution in [0.1, 0.15) is 29.5 Å². The maximum Gasteiger partial charge on any atom is 2.00 e. The quantitative estimate of drug-likeness (QED) is 0.446. The van der Waals surface area contributed by atoms with Gasteiger partial charge in [0.25, 0.3) is 0 Å². The molecule has 0 aromatic heterocycles. The summed E-state index contributed by atoms with van der Waals surface area (Å²) in [5.41, 5.74) is 0. The van der Waals surface area contributed by atoms with Gasteiger partial charge in [-0.2, -0.15) is 0 Å². The monoisotopic (exact) mass is 131 g/mol. The number of unbranched alkanes of at least 4 members (excludes halogenated alkanes) is 1. The van der Waals surface area contributed by atoms with E-state index in [9.17, 15) is 0 Å². The van der Waals surface area contributed by atoms with Crippen molar-refractivity contribution in [2.75, 3.05) is 0 Å². The third-order valence-electron chi connectivity index (χ3n) is 0.500. The topological polar surface area (TPSA) is 31.5 Å². The van der Waals surface area contributed by atoms with Crippen molar-refractivity contribution in [2.45, 2.75) is 26.7 Å². The van der Waals surface area contributed by atoms with Crippen LogP contribution in [0, 0.1) is 0 Å². The second-order valence-corrected chi connectivity index (χ2v) is 1.000. The van der Waals surface area contributed by atoms with Gasteiger partial charge in [0.2, 0.25) is 0 Å². The Kier molecular flexibility index (Phi) is 91.8. The van der Waals surface area contributed by atoms with Crippen LogP contribution in [0.25, 0.3) is 0 Å². The van der Waals surface area contributed by atoms with Crippen LogP contribution < -0.4 is 0 Å². The molecular weight excluding hydrogens is 115 g/mol. The summed E-state index contributed by atoms with van der Waals surface area (Å²) >= 11 is 0. The van der Waals surface area contributed by atoms with Gasteiger partial charge in [-0.25, -0.2) is 0 Å². The standard InChI is InChI=1S/C4H10.Al.Mg.H2O.4H/c1-3-4-2;;;;;;;/h3-4H2,1-2H3;;;1H2;;;;/q;;+2;;;;2*-1. The minimum Gasteiger partial charge on any atom is -1.00 e. The molecule has 0 atom stereocenters. The normalized spacial score (nSPS) is 4.29. The van der Waals surface area contributed by atoms with Crippen LogP contribution in [0.2, 0.25) is 0 Å². The van der Waals surface area contributed by atoms with Gasteiger partial charge in [-0.15, -0.1) is 0 Å². The van der Waals surface area contributed by atoms with E-state index >= 15 is 0 Å². The average molecular weight is 131 g/mol. The van der Waals surface area contributed by atoms with Gasteiger partial charge in [-0.1, -0.05) is 26.7 Å². The molecule has 0 heterocycles. The molecule has 0 spiro atoms. The predicted molar refractivity (Wildman–Crippen MR) is 40.7 cm³/mol. The van der Waals surface area contributed by atoms with Crippen LogP contribution in [0.3, 0.4) is 0 Å². The molecule has 43 valence electrons. The van der Waals surface area contributed by atoms with Gasteiger partial charge in [0.05, 0.1) is 0 Å². The molecule has 0 aliphatic rings. The molecule has 0 bridgehead atoms. The molecule has 0 aliphatic carbocycles. The fourth-order valence-electron chi connectivity index (χ4n) is 0. The number of rotatable bonds is 1. The van der Waals surface area contributed by atoms with Crippen LogP contribution in [0.4, 0.5) is 0 Å². The summed E-state index contributed by atoms with van der Waals surface area (Å²) in [5.74, 6) is 0. The molecular formula is C4H16AlMgO. The maximum atomic E-state index is 2.18. The summed E-state index contributed by atoms with van der Waals surface area (Å²) in [7, 11) is 0. The molecule has 0 rings (SSSR count). The molecule has 0 aromatic rings. The first-order chi connectivity index (χ1) is 1.91. The van der Waals surface area contributed by atoms with E-state index in [-0.39, 0.29) is 48.7 Å². The first-order valence-corrected chi connectivity index (χ1v) is 1.91. The Hall–Kier alpha value is 1.26. The molecule has 3 heteroatoms. The first-order valence-electron chi connectivity index (χ1n) is 1.91. The Balaban J connectivity index is -0.00000000450. The molecule has 0 aromatic carbocycles. The van der Waals surface area contributed by atoms with Crippen LogP contribution in [0.5, 0.6) is 0 Å². The van der Waals surface area contributed by atoms with Crippen molar-refractivity contribution >= 4 is 40.4 Å². The number of hydrogen-bond donors (Lipinski definition) is 0. The van der Waals surface area contributed by atoms with Gasteiger partial charge < -0.3 is 8.33 Å². The number of hydrogen-bond acceptors (Lipinski definition) is 0. The zero-order valence-electron chi connectivity index (χ0n) is 7.62. The van der Waals surface area contributed by atoms with Crippen molar-refractivity contribution in [3.05, 3.63) is 0 Å². The van der Waals surface area contributed by atoms with E-state index in [0.29, 0.717) is 0 Å². The Morgan fingerprint density at radius 1 is 1.14 bits per heavy atom. The average Bonchev–Trinajstić information content (AvgIpc) is 1.37. The van der Waals surface area contributed by atoms with Crippen molar-refractivity contribution in [3.63, 3.8) is 0 Å². The van der Waals surface area contributed by atoms with E-state index in [1.807, 2.05) is 0 Å². The Bertz CT molecular complexity index is 20.5. The Morgan fingerprint density at radius 2 is 1.29 bits per heavy atom. The van der Waals surface area contributed by atoms with Crippen molar-refractivity contribution in [2.24, 2.45) is 0 Å². The molecule has 0 saturated heterocycles.